The first-order valence-corrected chi connectivity index (χ1v) is 12.3. The van der Waals surface area contributed by atoms with E-state index in [1.807, 2.05) is 0 Å². The van der Waals surface area contributed by atoms with Crippen LogP contribution in [0.3, 0.4) is 0 Å². The minimum atomic E-state index is -3.36. The van der Waals surface area contributed by atoms with Crippen molar-refractivity contribution >= 4 is 44.9 Å². The van der Waals surface area contributed by atoms with Gasteiger partial charge < -0.3 is 14.7 Å². The van der Waals surface area contributed by atoms with Crippen LogP contribution in [0.25, 0.3) is 5.76 Å². The number of hydrogen-bond acceptors (Lipinski definition) is 7. The van der Waals surface area contributed by atoms with Gasteiger partial charge in [0.2, 0.25) is 0 Å². The maximum Gasteiger partial charge on any atom is 0.337 e. The smallest absolute Gasteiger partial charge is 0.337 e. The quantitative estimate of drug-likeness (QED) is 0.303. The van der Waals surface area contributed by atoms with Crippen molar-refractivity contribution in [2.24, 2.45) is 0 Å². The van der Waals surface area contributed by atoms with Gasteiger partial charge in [-0.1, -0.05) is 23.7 Å². The summed E-state index contributed by atoms with van der Waals surface area (Å²) in [6.45, 7) is 0. The van der Waals surface area contributed by atoms with E-state index in [1.165, 1.54) is 48.4 Å². The molecule has 0 bridgehead atoms. The predicted octanol–water partition coefficient (Wildman–Crippen LogP) is 2.74. The van der Waals surface area contributed by atoms with Gasteiger partial charge in [-0.05, 0) is 48.4 Å². The molecule has 4 rings (SSSR count). The molecule has 0 spiro atoms. The van der Waals surface area contributed by atoms with Crippen molar-refractivity contribution in [1.82, 2.24) is 4.90 Å². The van der Waals surface area contributed by atoms with E-state index in [-0.39, 0.29) is 34.6 Å². The van der Waals surface area contributed by atoms with Gasteiger partial charge >= 0.3 is 5.97 Å². The number of Topliss-reactive ketones (excluding diaryl/α,β-unsaturated/α-hetero) is 1. The normalized spacial score (nSPS) is 23.6. The number of rotatable bonds is 4. The van der Waals surface area contributed by atoms with Crippen molar-refractivity contribution < 1.29 is 32.6 Å². The molecule has 0 unspecified atom stereocenters. The lowest BCUT2D eigenvalue weighted by Crippen LogP contribution is -2.40. The summed E-state index contributed by atoms with van der Waals surface area (Å²) in [4.78, 5) is 39.2. The zero-order chi connectivity index (χ0) is 23.9. The molecule has 2 heterocycles. The first-order chi connectivity index (χ1) is 15.6. The molecule has 10 heteroatoms. The lowest BCUT2D eigenvalue weighted by molar-refractivity contribution is -0.141. The van der Waals surface area contributed by atoms with Gasteiger partial charge in [0, 0.05) is 16.6 Å². The number of nitrogens with zero attached hydrogens (tertiary/aromatic N) is 1. The molecule has 0 aliphatic carbocycles. The number of esters is 1. The fraction of sp³-hybridized carbons (Fsp3) is 0.261. The van der Waals surface area contributed by atoms with E-state index in [4.69, 9.17) is 16.3 Å². The third-order valence-electron chi connectivity index (χ3n) is 5.85. The number of ether oxygens (including phenoxy) is 1. The topological polar surface area (TPSA) is 118 Å². The summed E-state index contributed by atoms with van der Waals surface area (Å²) in [5.41, 5.74) is 0.839. The van der Waals surface area contributed by atoms with Gasteiger partial charge in [-0.3, -0.25) is 9.59 Å². The van der Waals surface area contributed by atoms with E-state index in [9.17, 15) is 27.9 Å². The number of sulfone groups is 1. The number of aliphatic hydroxyl groups excluding tert-OH is 1. The Hall–Kier alpha value is -3.17. The van der Waals surface area contributed by atoms with Crippen LogP contribution in [0.1, 0.15) is 33.9 Å². The molecule has 0 radical (unpaired) electrons. The Bertz CT molecular complexity index is 1270. The Morgan fingerprint density at radius 1 is 1.06 bits per heavy atom. The van der Waals surface area contributed by atoms with Gasteiger partial charge in [-0.25, -0.2) is 13.2 Å². The van der Waals surface area contributed by atoms with Crippen LogP contribution >= 0.6 is 11.6 Å². The van der Waals surface area contributed by atoms with Gasteiger partial charge in [0.05, 0.1) is 35.8 Å². The number of amides is 1. The third-order valence-corrected chi connectivity index (χ3v) is 7.85. The van der Waals surface area contributed by atoms with Gasteiger partial charge in [-0.2, -0.15) is 0 Å². The van der Waals surface area contributed by atoms with E-state index in [0.717, 1.165) is 0 Å². The Labute approximate surface area is 195 Å². The summed E-state index contributed by atoms with van der Waals surface area (Å²) < 4.78 is 28.9. The van der Waals surface area contributed by atoms with E-state index in [0.29, 0.717) is 10.6 Å². The number of halogens is 1. The second-order valence-electron chi connectivity index (χ2n) is 7.88. The molecule has 1 amide bonds. The lowest BCUT2D eigenvalue weighted by atomic mass is 9.94. The number of methoxy groups -OCH3 is 1. The molecule has 2 atom stereocenters. The molecule has 1 N–H and O–H groups in total. The van der Waals surface area contributed by atoms with Crippen molar-refractivity contribution in [1.29, 1.82) is 0 Å². The molecule has 2 aliphatic rings. The Morgan fingerprint density at radius 3 is 2.21 bits per heavy atom. The first-order valence-electron chi connectivity index (χ1n) is 10.1. The first kappa shape index (κ1) is 23.0. The maximum atomic E-state index is 13.1. The van der Waals surface area contributed by atoms with E-state index in [1.54, 1.807) is 12.1 Å². The SMILES string of the molecule is COC(=O)c1ccc([C@H]2/C(=C(\O)c3ccc(Cl)cc3)C(=O)C(=O)N2[C@@H]2CCS(=O)(=O)C2)cc1. The Morgan fingerprint density at radius 2 is 1.67 bits per heavy atom. The van der Waals surface area contributed by atoms with Crippen LogP contribution in [0.4, 0.5) is 0 Å². The highest BCUT2D eigenvalue weighted by atomic mass is 35.5. The van der Waals surface area contributed by atoms with E-state index < -0.39 is 45.3 Å². The molecular weight excluding hydrogens is 470 g/mol. The number of hydrogen-bond donors (Lipinski definition) is 1. The number of aliphatic hydroxyl groups is 1. The standard InChI is InChI=1S/C23H20ClNO7S/c1-32-23(29)15-4-2-13(3-5-15)19-18(20(26)14-6-8-16(24)9-7-14)21(27)22(28)25(19)17-10-11-33(30,31)12-17/h2-9,17,19,26H,10-12H2,1H3/b20-18+/t17-,19+/m1/s1. The molecule has 2 aromatic carbocycles. The number of carbonyl (C=O) groups is 3. The van der Waals surface area contributed by atoms with E-state index >= 15 is 0 Å². The second kappa shape index (κ2) is 8.64. The summed E-state index contributed by atoms with van der Waals surface area (Å²) in [5.74, 6) is -3.10. The van der Waals surface area contributed by atoms with E-state index in [2.05, 4.69) is 0 Å². The van der Waals surface area contributed by atoms with Crippen molar-refractivity contribution in [3.63, 3.8) is 0 Å². The van der Waals surface area contributed by atoms with Crippen LogP contribution in [0.5, 0.6) is 0 Å². The van der Waals surface area contributed by atoms with Crippen LogP contribution in [-0.2, 0) is 24.2 Å². The van der Waals surface area contributed by atoms with Crippen molar-refractivity contribution in [2.45, 2.75) is 18.5 Å². The summed E-state index contributed by atoms with van der Waals surface area (Å²) >= 11 is 5.92. The lowest BCUT2D eigenvalue weighted by Gasteiger charge is -2.30. The van der Waals surface area contributed by atoms with Gasteiger partial charge in [0.25, 0.3) is 11.7 Å². The average molecular weight is 490 g/mol. The minimum absolute atomic E-state index is 0.0914. The second-order valence-corrected chi connectivity index (χ2v) is 10.5. The van der Waals surface area contributed by atoms with Crippen molar-refractivity contribution in [3.05, 3.63) is 75.8 Å². The molecule has 2 saturated heterocycles. The Kier molecular flexibility index (Phi) is 6.02. The van der Waals surface area contributed by atoms with Crippen LogP contribution < -0.4 is 0 Å². The molecule has 2 aliphatic heterocycles. The predicted molar refractivity (Wildman–Crippen MR) is 120 cm³/mol. The summed E-state index contributed by atoms with van der Waals surface area (Å²) in [6.07, 6.45) is 0.188. The fourth-order valence-corrected chi connectivity index (χ4v) is 6.07. The fourth-order valence-electron chi connectivity index (χ4n) is 4.23. The van der Waals surface area contributed by atoms with Gasteiger partial charge in [0.1, 0.15) is 5.76 Å². The highest BCUT2D eigenvalue weighted by Gasteiger charge is 2.50. The molecule has 2 fully saturated rings. The number of benzene rings is 2. The zero-order valence-corrected chi connectivity index (χ0v) is 19.1. The molecule has 0 saturated carbocycles. The largest absolute Gasteiger partial charge is 0.507 e. The van der Waals surface area contributed by atoms with Gasteiger partial charge in [-0.15, -0.1) is 0 Å². The van der Waals surface area contributed by atoms with Crippen LogP contribution in [-0.4, -0.2) is 60.7 Å². The summed E-state index contributed by atoms with van der Waals surface area (Å²) in [5, 5.41) is 11.4. The molecule has 172 valence electrons. The van der Waals surface area contributed by atoms with Crippen LogP contribution in [0.2, 0.25) is 5.02 Å². The highest BCUT2D eigenvalue weighted by molar-refractivity contribution is 7.91. The highest BCUT2D eigenvalue weighted by Crippen LogP contribution is 2.42. The average Bonchev–Trinajstić information content (AvgIpc) is 3.29. The third kappa shape index (κ3) is 4.26. The summed E-state index contributed by atoms with van der Waals surface area (Å²) in [6, 6.07) is 10.4. The molecule has 33 heavy (non-hydrogen) atoms. The number of ketones is 1. The zero-order valence-electron chi connectivity index (χ0n) is 17.5. The maximum absolute atomic E-state index is 13.1. The molecular formula is C23H20ClNO7S. The van der Waals surface area contributed by atoms with Crippen LogP contribution in [0.15, 0.2) is 54.1 Å². The molecule has 8 nitrogen and oxygen atoms in total. The number of carbonyl (C=O) groups excluding carboxylic acids is 3. The van der Waals surface area contributed by atoms with Crippen LogP contribution in [0, 0.1) is 0 Å². The number of likely N-dealkylation sites (tertiary alicyclic amines) is 1. The molecule has 0 aromatic heterocycles. The van der Waals surface area contributed by atoms with Crippen molar-refractivity contribution in [3.8, 4) is 0 Å². The Balaban J connectivity index is 1.86. The minimum Gasteiger partial charge on any atom is -0.507 e. The van der Waals surface area contributed by atoms with Crippen molar-refractivity contribution in [2.75, 3.05) is 18.6 Å². The summed E-state index contributed by atoms with van der Waals surface area (Å²) in [7, 11) is -2.11. The van der Waals surface area contributed by atoms with Gasteiger partial charge in [0.15, 0.2) is 9.84 Å². The monoisotopic (exact) mass is 489 g/mol. The molecule has 2 aromatic rings.